The second kappa shape index (κ2) is 7.13. The number of hydrogen-bond acceptors (Lipinski definition) is 3. The highest BCUT2D eigenvalue weighted by atomic mass is 19.1. The van der Waals surface area contributed by atoms with Gasteiger partial charge in [-0.3, -0.25) is 4.79 Å². The zero-order chi connectivity index (χ0) is 20.8. The Morgan fingerprint density at radius 1 is 1.24 bits per heavy atom. The number of fused-ring (bicyclic) bond motifs is 1. The molecule has 4 rings (SSSR count). The SMILES string of the molecule is CC(C)(C)NC(=O)c1cnn2ccc(N3C[C@@H](F)C[C@@H]3c3cccc(F)c3)cc12. The fourth-order valence-corrected chi connectivity index (χ4v) is 3.83. The molecule has 0 unspecified atom stereocenters. The van der Waals surface area contributed by atoms with Crippen LogP contribution in [0.1, 0.15) is 49.2 Å². The van der Waals surface area contributed by atoms with Gasteiger partial charge in [0.15, 0.2) is 0 Å². The molecule has 1 saturated heterocycles. The lowest BCUT2D eigenvalue weighted by Gasteiger charge is -2.27. The number of halogens is 2. The predicted octanol–water partition coefficient (Wildman–Crippen LogP) is 4.29. The monoisotopic (exact) mass is 398 g/mol. The van der Waals surface area contributed by atoms with Crippen LogP contribution in [-0.2, 0) is 0 Å². The summed E-state index contributed by atoms with van der Waals surface area (Å²) in [7, 11) is 0. The molecule has 7 heteroatoms. The van der Waals surface area contributed by atoms with Gasteiger partial charge in [0.05, 0.1) is 23.3 Å². The average Bonchev–Trinajstić information content (AvgIpc) is 3.23. The van der Waals surface area contributed by atoms with Crippen LogP contribution >= 0.6 is 0 Å². The van der Waals surface area contributed by atoms with Crippen LogP contribution < -0.4 is 10.2 Å². The summed E-state index contributed by atoms with van der Waals surface area (Å²) < 4.78 is 29.7. The van der Waals surface area contributed by atoms with Gasteiger partial charge >= 0.3 is 0 Å². The molecule has 0 aliphatic carbocycles. The van der Waals surface area contributed by atoms with Crippen molar-refractivity contribution in [1.29, 1.82) is 0 Å². The van der Waals surface area contributed by atoms with E-state index in [2.05, 4.69) is 10.4 Å². The second-order valence-electron chi connectivity index (χ2n) is 8.53. The van der Waals surface area contributed by atoms with E-state index in [0.717, 1.165) is 11.3 Å². The predicted molar refractivity (Wildman–Crippen MR) is 108 cm³/mol. The number of aromatic nitrogens is 2. The molecular formula is C22H24F2N4O. The minimum Gasteiger partial charge on any atom is -0.361 e. The molecule has 1 aliphatic rings. The van der Waals surface area contributed by atoms with Crippen molar-refractivity contribution in [1.82, 2.24) is 14.9 Å². The van der Waals surface area contributed by atoms with Crippen LogP contribution in [-0.4, -0.2) is 33.8 Å². The zero-order valence-corrected chi connectivity index (χ0v) is 16.7. The zero-order valence-electron chi connectivity index (χ0n) is 16.7. The third-order valence-electron chi connectivity index (χ3n) is 5.05. The summed E-state index contributed by atoms with van der Waals surface area (Å²) >= 11 is 0. The molecule has 29 heavy (non-hydrogen) atoms. The number of alkyl halides is 1. The average molecular weight is 398 g/mol. The van der Waals surface area contributed by atoms with Crippen molar-refractivity contribution in [2.75, 3.05) is 11.4 Å². The van der Waals surface area contributed by atoms with Crippen molar-refractivity contribution in [3.63, 3.8) is 0 Å². The van der Waals surface area contributed by atoms with E-state index < -0.39 is 6.17 Å². The Morgan fingerprint density at radius 3 is 2.76 bits per heavy atom. The molecule has 1 fully saturated rings. The smallest absolute Gasteiger partial charge is 0.255 e. The van der Waals surface area contributed by atoms with Crippen molar-refractivity contribution in [3.05, 3.63) is 65.7 Å². The molecule has 1 N–H and O–H groups in total. The van der Waals surface area contributed by atoms with Crippen molar-refractivity contribution in [2.45, 2.75) is 44.9 Å². The highest BCUT2D eigenvalue weighted by molar-refractivity contribution is 6.01. The number of nitrogens with zero attached hydrogens (tertiary/aromatic N) is 3. The molecule has 1 aliphatic heterocycles. The Balaban J connectivity index is 1.71. The molecule has 5 nitrogen and oxygen atoms in total. The first-order valence-corrected chi connectivity index (χ1v) is 9.67. The number of rotatable bonds is 3. The third kappa shape index (κ3) is 3.95. The molecule has 152 valence electrons. The van der Waals surface area contributed by atoms with Crippen LogP contribution in [0.3, 0.4) is 0 Å². The minimum atomic E-state index is -1.01. The fraction of sp³-hybridized carbons (Fsp3) is 0.364. The Labute approximate surface area is 168 Å². The summed E-state index contributed by atoms with van der Waals surface area (Å²) in [6, 6.07) is 9.72. The van der Waals surface area contributed by atoms with Crippen LogP contribution in [0.4, 0.5) is 14.5 Å². The van der Waals surface area contributed by atoms with Crippen LogP contribution in [0, 0.1) is 5.82 Å². The number of hydrogen-bond donors (Lipinski definition) is 1. The lowest BCUT2D eigenvalue weighted by molar-refractivity contribution is 0.0921. The number of benzene rings is 1. The van der Waals surface area contributed by atoms with E-state index in [1.165, 1.54) is 18.3 Å². The highest BCUT2D eigenvalue weighted by Gasteiger charge is 2.34. The largest absolute Gasteiger partial charge is 0.361 e. The first kappa shape index (κ1) is 19.4. The molecule has 1 aromatic carbocycles. The molecule has 0 spiro atoms. The van der Waals surface area contributed by atoms with E-state index >= 15 is 0 Å². The van der Waals surface area contributed by atoms with Gasteiger partial charge in [-0.2, -0.15) is 5.10 Å². The molecule has 0 saturated carbocycles. The number of pyridine rings is 1. The second-order valence-corrected chi connectivity index (χ2v) is 8.53. The van der Waals surface area contributed by atoms with Gasteiger partial charge in [0.25, 0.3) is 5.91 Å². The molecule has 2 atom stereocenters. The number of amides is 1. The van der Waals surface area contributed by atoms with Crippen LogP contribution in [0.25, 0.3) is 5.52 Å². The minimum absolute atomic E-state index is 0.212. The Bertz CT molecular complexity index is 1060. The molecule has 0 radical (unpaired) electrons. The summed E-state index contributed by atoms with van der Waals surface area (Å²) in [6.07, 6.45) is 2.58. The Hall–Kier alpha value is -2.96. The van der Waals surface area contributed by atoms with Gasteiger partial charge in [-0.25, -0.2) is 13.3 Å². The van der Waals surface area contributed by atoms with Crippen molar-refractivity contribution in [3.8, 4) is 0 Å². The van der Waals surface area contributed by atoms with E-state index in [9.17, 15) is 13.6 Å². The van der Waals surface area contributed by atoms with Gasteiger partial charge in [0.1, 0.15) is 12.0 Å². The van der Waals surface area contributed by atoms with E-state index in [4.69, 9.17) is 0 Å². The van der Waals surface area contributed by atoms with Gasteiger partial charge in [0.2, 0.25) is 0 Å². The summed E-state index contributed by atoms with van der Waals surface area (Å²) in [5.41, 5.74) is 2.24. The maximum Gasteiger partial charge on any atom is 0.255 e. The molecule has 1 amide bonds. The van der Waals surface area contributed by atoms with Gasteiger partial charge in [-0.15, -0.1) is 0 Å². The van der Waals surface area contributed by atoms with Gasteiger partial charge in [-0.1, -0.05) is 12.1 Å². The number of anilines is 1. The number of carbonyl (C=O) groups excluding carboxylic acids is 1. The van der Waals surface area contributed by atoms with Crippen LogP contribution in [0.2, 0.25) is 0 Å². The summed E-state index contributed by atoms with van der Waals surface area (Å²) in [4.78, 5) is 14.6. The maximum atomic E-state index is 14.3. The van der Waals surface area contributed by atoms with Gasteiger partial charge < -0.3 is 10.2 Å². The first-order valence-electron chi connectivity index (χ1n) is 9.67. The van der Waals surface area contributed by atoms with E-state index in [-0.39, 0.29) is 29.8 Å². The molecular weight excluding hydrogens is 374 g/mol. The molecule has 3 aromatic rings. The van der Waals surface area contributed by atoms with Crippen molar-refractivity contribution >= 4 is 17.1 Å². The highest BCUT2D eigenvalue weighted by Crippen LogP contribution is 2.38. The van der Waals surface area contributed by atoms with Crippen molar-refractivity contribution in [2.24, 2.45) is 0 Å². The lowest BCUT2D eigenvalue weighted by atomic mass is 10.0. The van der Waals surface area contributed by atoms with E-state index in [1.807, 2.05) is 43.9 Å². The van der Waals surface area contributed by atoms with Crippen molar-refractivity contribution < 1.29 is 13.6 Å². The quantitative estimate of drug-likeness (QED) is 0.716. The standard InChI is InChI=1S/C22H24F2N4O/c1-22(2,3)26-21(29)18-12-25-28-8-7-17(11-20(18)28)27-13-16(24)10-19(27)14-5-4-6-15(23)9-14/h4-9,11-12,16,19H,10,13H2,1-3H3,(H,26,29)/t16-,19+/m0/s1. The maximum absolute atomic E-state index is 14.3. The number of nitrogens with one attached hydrogen (secondary N) is 1. The van der Waals surface area contributed by atoms with E-state index in [1.54, 1.807) is 16.8 Å². The summed E-state index contributed by atoms with van der Waals surface area (Å²) in [5, 5.41) is 7.20. The Kier molecular flexibility index (Phi) is 4.76. The molecule has 3 heterocycles. The first-order chi connectivity index (χ1) is 13.7. The fourth-order valence-electron chi connectivity index (χ4n) is 3.83. The molecule has 2 aromatic heterocycles. The normalized spacial score (nSPS) is 19.7. The van der Waals surface area contributed by atoms with Crippen LogP contribution in [0.5, 0.6) is 0 Å². The third-order valence-corrected chi connectivity index (χ3v) is 5.05. The van der Waals surface area contributed by atoms with E-state index in [0.29, 0.717) is 17.5 Å². The summed E-state index contributed by atoms with van der Waals surface area (Å²) in [5.74, 6) is -0.548. The summed E-state index contributed by atoms with van der Waals surface area (Å²) in [6.45, 7) is 5.96. The van der Waals surface area contributed by atoms with Gasteiger partial charge in [0, 0.05) is 30.4 Å². The molecule has 0 bridgehead atoms. The number of carbonyl (C=O) groups is 1. The lowest BCUT2D eigenvalue weighted by Crippen LogP contribution is -2.40. The van der Waals surface area contributed by atoms with Crippen LogP contribution in [0.15, 0.2) is 48.8 Å². The topological polar surface area (TPSA) is 49.6 Å². The Morgan fingerprint density at radius 2 is 2.03 bits per heavy atom. The van der Waals surface area contributed by atoms with Gasteiger partial charge in [-0.05, 0) is 50.6 Å².